The highest BCUT2D eigenvalue weighted by Crippen LogP contribution is 2.25. The molecule has 0 saturated heterocycles. The Bertz CT molecular complexity index is 1000. The predicted octanol–water partition coefficient (Wildman–Crippen LogP) is 18.0. The van der Waals surface area contributed by atoms with Crippen LogP contribution in [0.1, 0.15) is 291 Å². The highest BCUT2D eigenvalue weighted by molar-refractivity contribution is 8.76. The van der Waals surface area contributed by atoms with Crippen molar-refractivity contribution in [2.24, 2.45) is 17.6 Å². The number of esters is 2. The van der Waals surface area contributed by atoms with Gasteiger partial charge in [0.05, 0.1) is 13.2 Å². The molecule has 0 aliphatic carbocycles. The fraction of sp³-hybridized carbons (Fsp3) is 0.947. The number of nitrogens with zero attached hydrogens (tertiary/aromatic N) is 1. The van der Waals surface area contributed by atoms with Crippen LogP contribution in [0.25, 0.3) is 0 Å². The molecular weight excluding hydrogens is 892 g/mol. The van der Waals surface area contributed by atoms with E-state index in [0.29, 0.717) is 62.8 Å². The molecule has 2 unspecified atom stereocenters. The number of unbranched alkanes of at least 4 members (excludes halogenated alkanes) is 24. The molecule has 7 nitrogen and oxygen atoms in total. The lowest BCUT2D eigenvalue weighted by Crippen LogP contribution is -2.41. The van der Waals surface area contributed by atoms with E-state index in [0.717, 1.165) is 88.7 Å². The monoisotopic (exact) mass is 1000 g/mol. The molecule has 0 aliphatic rings. The zero-order valence-electron chi connectivity index (χ0n) is 45.0. The van der Waals surface area contributed by atoms with Gasteiger partial charge in [0.2, 0.25) is 5.91 Å². The zero-order valence-corrected chi connectivity index (χ0v) is 47.5. The normalized spacial score (nSPS) is 12.7. The van der Waals surface area contributed by atoms with Gasteiger partial charge in [0.1, 0.15) is 0 Å². The van der Waals surface area contributed by atoms with Crippen molar-refractivity contribution in [2.75, 3.05) is 37.8 Å². The summed E-state index contributed by atoms with van der Waals surface area (Å²) in [7, 11) is 3.58. The Kier molecular flexibility index (Phi) is 55.9. The Morgan fingerprint density at radius 1 is 0.418 bits per heavy atom. The van der Waals surface area contributed by atoms with E-state index in [9.17, 15) is 14.4 Å². The molecule has 0 aromatic heterocycles. The van der Waals surface area contributed by atoms with Crippen molar-refractivity contribution in [1.29, 1.82) is 0 Å². The van der Waals surface area contributed by atoms with Crippen molar-refractivity contribution in [2.45, 2.75) is 297 Å². The molecule has 2 atom stereocenters. The van der Waals surface area contributed by atoms with E-state index in [-0.39, 0.29) is 24.3 Å². The van der Waals surface area contributed by atoms with Gasteiger partial charge in [0.25, 0.3) is 0 Å². The SMILES string of the molecule is CCCCCCCCCN(C(=O)CCSSCCN)C(CCCCCCCCC(=O)OCC(CCCC)CCCCCC)CCCCCCCCC(=O)OCC(CCCC)CCCCCC.Cl. The summed E-state index contributed by atoms with van der Waals surface area (Å²) in [5.74, 6) is 3.14. The first kappa shape index (κ1) is 68.4. The molecule has 0 saturated carbocycles. The van der Waals surface area contributed by atoms with Gasteiger partial charge in [0, 0.05) is 49.9 Å². The standard InChI is InChI=1S/C57H112N2O5S2.ClH/c1-6-11-16-19-24-29-36-47-59(55(60)45-48-65-66-49-46-58)54(41-32-25-20-22-27-34-43-56(61)63-50-52(37-14-9-4)39-30-17-12-7-2)42-33-26-21-23-28-35-44-57(62)64-51-53(38-15-10-5)40-31-18-13-8-3;/h52-54H,6-51,58H2,1-5H3;1H. The summed E-state index contributed by atoms with van der Waals surface area (Å²) >= 11 is 0. The van der Waals surface area contributed by atoms with Gasteiger partial charge < -0.3 is 20.1 Å². The zero-order chi connectivity index (χ0) is 48.4. The van der Waals surface area contributed by atoms with Gasteiger partial charge in [0.15, 0.2) is 0 Å². The van der Waals surface area contributed by atoms with E-state index in [1.54, 1.807) is 21.6 Å². The summed E-state index contributed by atoms with van der Waals surface area (Å²) < 4.78 is 11.6. The predicted molar refractivity (Wildman–Crippen MR) is 299 cm³/mol. The minimum absolute atomic E-state index is 0. The van der Waals surface area contributed by atoms with E-state index >= 15 is 0 Å². The van der Waals surface area contributed by atoms with Crippen LogP contribution in [0.3, 0.4) is 0 Å². The quantitative estimate of drug-likeness (QED) is 0.0365. The minimum atomic E-state index is -0.00967. The third-order valence-electron chi connectivity index (χ3n) is 13.6. The molecule has 0 aromatic rings. The van der Waals surface area contributed by atoms with Crippen LogP contribution < -0.4 is 5.73 Å². The molecule has 2 N–H and O–H groups in total. The minimum Gasteiger partial charge on any atom is -0.465 e. The average molecular weight is 1010 g/mol. The molecule has 1 amide bonds. The fourth-order valence-electron chi connectivity index (χ4n) is 9.25. The third-order valence-corrected chi connectivity index (χ3v) is 16.0. The van der Waals surface area contributed by atoms with Crippen molar-refractivity contribution in [3.63, 3.8) is 0 Å². The van der Waals surface area contributed by atoms with Crippen LogP contribution in [0.5, 0.6) is 0 Å². The number of nitrogens with two attached hydrogens (primary N) is 1. The highest BCUT2D eigenvalue weighted by atomic mass is 35.5. The number of carbonyl (C=O) groups is 3. The van der Waals surface area contributed by atoms with Crippen LogP contribution in [0.15, 0.2) is 0 Å². The molecule has 0 fully saturated rings. The van der Waals surface area contributed by atoms with Crippen molar-refractivity contribution < 1.29 is 23.9 Å². The van der Waals surface area contributed by atoms with Gasteiger partial charge in [-0.05, 0) is 69.6 Å². The molecule has 0 radical (unpaired) electrons. The van der Waals surface area contributed by atoms with Gasteiger partial charge in [-0.15, -0.1) is 12.4 Å². The maximum absolute atomic E-state index is 14.0. The summed E-state index contributed by atoms with van der Waals surface area (Å²) in [5.41, 5.74) is 5.73. The second-order valence-corrected chi connectivity index (χ2v) is 22.6. The van der Waals surface area contributed by atoms with Crippen LogP contribution in [-0.4, -0.2) is 66.6 Å². The number of amides is 1. The summed E-state index contributed by atoms with van der Waals surface area (Å²) in [6, 6.07) is 0.310. The largest absolute Gasteiger partial charge is 0.465 e. The van der Waals surface area contributed by atoms with E-state index in [2.05, 4.69) is 39.5 Å². The first-order chi connectivity index (χ1) is 32.4. The molecule has 0 aliphatic heterocycles. The summed E-state index contributed by atoms with van der Waals surface area (Å²) in [5, 5.41) is 0. The lowest BCUT2D eigenvalue weighted by molar-refractivity contribution is -0.146. The van der Waals surface area contributed by atoms with Gasteiger partial charge in [-0.2, -0.15) is 0 Å². The van der Waals surface area contributed by atoms with Crippen LogP contribution in [0.4, 0.5) is 0 Å². The smallest absolute Gasteiger partial charge is 0.305 e. The van der Waals surface area contributed by atoms with Crippen molar-refractivity contribution in [3.8, 4) is 0 Å². The molecular formula is C57H113ClN2O5S2. The lowest BCUT2D eigenvalue weighted by atomic mass is 9.96. The van der Waals surface area contributed by atoms with Gasteiger partial charge in [-0.25, -0.2) is 0 Å². The number of carbonyl (C=O) groups excluding carboxylic acids is 3. The van der Waals surface area contributed by atoms with E-state index in [4.69, 9.17) is 15.2 Å². The molecule has 0 spiro atoms. The van der Waals surface area contributed by atoms with Crippen molar-refractivity contribution in [1.82, 2.24) is 4.90 Å². The molecule has 0 rings (SSSR count). The second-order valence-electron chi connectivity index (χ2n) is 19.9. The summed E-state index contributed by atoms with van der Waals surface area (Å²) in [6.45, 7) is 14.0. The Balaban J connectivity index is 0. The summed E-state index contributed by atoms with van der Waals surface area (Å²) in [4.78, 5) is 41.5. The van der Waals surface area contributed by atoms with Crippen LogP contribution in [0.2, 0.25) is 0 Å². The van der Waals surface area contributed by atoms with Crippen molar-refractivity contribution in [3.05, 3.63) is 0 Å². The Hall–Kier alpha value is -0.640. The lowest BCUT2D eigenvalue weighted by Gasteiger charge is -2.33. The Morgan fingerprint density at radius 2 is 0.761 bits per heavy atom. The fourth-order valence-corrected chi connectivity index (χ4v) is 11.1. The first-order valence-corrected chi connectivity index (χ1v) is 31.4. The van der Waals surface area contributed by atoms with Crippen LogP contribution in [-0.2, 0) is 23.9 Å². The first-order valence-electron chi connectivity index (χ1n) is 28.9. The van der Waals surface area contributed by atoms with E-state index in [1.807, 2.05) is 0 Å². The number of ether oxygens (including phenoxy) is 2. The van der Waals surface area contributed by atoms with Gasteiger partial charge in [-0.3, -0.25) is 14.4 Å². The van der Waals surface area contributed by atoms with Gasteiger partial charge in [-0.1, -0.05) is 236 Å². The Morgan fingerprint density at radius 3 is 1.19 bits per heavy atom. The maximum atomic E-state index is 14.0. The topological polar surface area (TPSA) is 98.9 Å². The van der Waals surface area contributed by atoms with Crippen LogP contribution in [0, 0.1) is 11.8 Å². The highest BCUT2D eigenvalue weighted by Gasteiger charge is 2.23. The molecule has 0 aromatic carbocycles. The number of hydrogen-bond donors (Lipinski definition) is 1. The second kappa shape index (κ2) is 54.7. The number of hydrogen-bond acceptors (Lipinski definition) is 8. The average Bonchev–Trinajstić information content (AvgIpc) is 3.32. The molecule has 400 valence electrons. The molecule has 67 heavy (non-hydrogen) atoms. The third kappa shape index (κ3) is 46.2. The maximum Gasteiger partial charge on any atom is 0.305 e. The number of rotatable bonds is 53. The Labute approximate surface area is 431 Å². The van der Waals surface area contributed by atoms with E-state index in [1.165, 1.54) is 167 Å². The molecule has 0 bridgehead atoms. The van der Waals surface area contributed by atoms with Crippen LogP contribution >= 0.6 is 34.0 Å². The van der Waals surface area contributed by atoms with E-state index < -0.39 is 0 Å². The van der Waals surface area contributed by atoms with Gasteiger partial charge >= 0.3 is 11.9 Å². The summed E-state index contributed by atoms with van der Waals surface area (Å²) in [6.07, 6.45) is 45.8. The number of halogens is 1. The molecule has 10 heteroatoms. The molecule has 0 heterocycles. The van der Waals surface area contributed by atoms with Crippen molar-refractivity contribution >= 4 is 51.8 Å².